The van der Waals surface area contributed by atoms with Crippen molar-refractivity contribution in [2.45, 2.75) is 0 Å². The summed E-state index contributed by atoms with van der Waals surface area (Å²) in [5.41, 5.74) is 8.82. The van der Waals surface area contributed by atoms with Crippen molar-refractivity contribution < 1.29 is 0 Å². The molecule has 0 unspecified atom stereocenters. The summed E-state index contributed by atoms with van der Waals surface area (Å²) >= 11 is 3.40. The summed E-state index contributed by atoms with van der Waals surface area (Å²) in [6.07, 6.45) is 0. The number of hydrogen-bond acceptors (Lipinski definition) is 6. The second kappa shape index (κ2) is 12.3. The topological polar surface area (TPSA) is 32.3 Å². The predicted molar refractivity (Wildman–Crippen MR) is 192 cm³/mol. The summed E-state index contributed by atoms with van der Waals surface area (Å²) < 4.78 is 9.90. The van der Waals surface area contributed by atoms with Crippen molar-refractivity contribution in [3.05, 3.63) is 158 Å². The number of aromatic nitrogens is 2. The maximum atomic E-state index is 4.95. The molecule has 0 fully saturated rings. The molecule has 0 spiro atoms. The quantitative estimate of drug-likeness (QED) is 0.149. The van der Waals surface area contributed by atoms with Crippen molar-refractivity contribution in [2.24, 2.45) is 0 Å². The average Bonchev–Trinajstić information content (AvgIpc) is 3.89. The van der Waals surface area contributed by atoms with Crippen LogP contribution in [0.25, 0.3) is 31.9 Å². The van der Waals surface area contributed by atoms with Crippen molar-refractivity contribution in [2.75, 3.05) is 9.80 Å². The van der Waals surface area contributed by atoms with Gasteiger partial charge < -0.3 is 0 Å². The molecule has 216 valence electrons. The molecule has 0 saturated heterocycles. The van der Waals surface area contributed by atoms with Crippen LogP contribution in [0.15, 0.2) is 158 Å². The van der Waals surface area contributed by atoms with E-state index in [0.29, 0.717) is 0 Å². The van der Waals surface area contributed by atoms with Gasteiger partial charge in [-0.15, -0.1) is 0 Å². The summed E-state index contributed by atoms with van der Waals surface area (Å²) in [4.78, 5) is 7.00. The minimum atomic E-state index is -0.159. The number of anilines is 6. The molecule has 0 radical (unpaired) electrons. The van der Waals surface area contributed by atoms with Gasteiger partial charge in [0.25, 0.3) is 0 Å². The molecule has 0 N–H and O–H groups in total. The second-order valence-corrected chi connectivity index (χ2v) is 13.6. The molecule has 4 nitrogen and oxygen atoms in total. The third kappa shape index (κ3) is 5.41. The number of para-hydroxylation sites is 4. The fourth-order valence-electron chi connectivity index (χ4n) is 5.56. The zero-order valence-corrected chi connectivity index (χ0v) is 27.4. The van der Waals surface area contributed by atoms with E-state index in [1.165, 1.54) is 9.75 Å². The fourth-order valence-corrected chi connectivity index (χ4v) is 8.92. The molecule has 0 aliphatic rings. The van der Waals surface area contributed by atoms with E-state index in [1.807, 2.05) is 0 Å². The molecule has 0 saturated carbocycles. The summed E-state index contributed by atoms with van der Waals surface area (Å²) in [6.45, 7) is 0. The first kappa shape index (κ1) is 27.7. The van der Waals surface area contributed by atoms with Gasteiger partial charge in [0.1, 0.15) is 0 Å². The van der Waals surface area contributed by atoms with Crippen LogP contribution in [0, 0.1) is 0 Å². The van der Waals surface area contributed by atoms with Crippen molar-refractivity contribution in [3.63, 3.8) is 0 Å². The Bertz CT molecular complexity index is 1940. The first-order valence-corrected chi connectivity index (χ1v) is 17.8. The number of thiophene rings is 2. The Kier molecular flexibility index (Phi) is 7.59. The van der Waals surface area contributed by atoms with Crippen LogP contribution >= 0.6 is 22.7 Å². The van der Waals surface area contributed by atoms with E-state index in [4.69, 9.17) is 7.96 Å². The SMILES string of the molecule is c1ccc(N(c2ccccc2)c2ccc(-c3ccc(-c4ccc(N(c5ccccc5)c5ccccc5)s4)c4n[se]nc34)s2)cc1. The van der Waals surface area contributed by atoms with Gasteiger partial charge in [-0.05, 0) is 0 Å². The number of nitrogens with zero attached hydrogens (tertiary/aromatic N) is 4. The van der Waals surface area contributed by atoms with Gasteiger partial charge in [-0.2, -0.15) is 0 Å². The third-order valence-electron chi connectivity index (χ3n) is 7.63. The van der Waals surface area contributed by atoms with E-state index in [1.54, 1.807) is 22.7 Å². The Morgan fingerprint density at radius 3 is 1.04 bits per heavy atom. The molecule has 8 rings (SSSR count). The summed E-state index contributed by atoms with van der Waals surface area (Å²) in [7, 11) is 0. The number of benzene rings is 5. The molecular weight excluding hydrogens is 656 g/mol. The normalized spacial score (nSPS) is 11.1. The molecule has 3 heterocycles. The van der Waals surface area contributed by atoms with Crippen LogP contribution in [0.2, 0.25) is 0 Å². The van der Waals surface area contributed by atoms with Gasteiger partial charge in [0.05, 0.1) is 0 Å². The van der Waals surface area contributed by atoms with Gasteiger partial charge in [0, 0.05) is 0 Å². The molecule has 0 aliphatic heterocycles. The van der Waals surface area contributed by atoms with Gasteiger partial charge in [-0.1, -0.05) is 0 Å². The number of fused-ring (bicyclic) bond motifs is 1. The Morgan fingerprint density at radius 1 is 0.378 bits per heavy atom. The van der Waals surface area contributed by atoms with Crippen molar-refractivity contribution in [1.29, 1.82) is 0 Å². The Balaban J connectivity index is 1.17. The second-order valence-electron chi connectivity index (χ2n) is 10.4. The molecule has 0 atom stereocenters. The third-order valence-corrected chi connectivity index (χ3v) is 10.9. The van der Waals surface area contributed by atoms with Gasteiger partial charge in [-0.25, -0.2) is 0 Å². The van der Waals surface area contributed by atoms with E-state index >= 15 is 0 Å². The molecule has 7 heteroatoms. The van der Waals surface area contributed by atoms with Gasteiger partial charge in [0.15, 0.2) is 0 Å². The fraction of sp³-hybridized carbons (Fsp3) is 0. The van der Waals surface area contributed by atoms with E-state index in [-0.39, 0.29) is 15.0 Å². The van der Waals surface area contributed by atoms with Crippen LogP contribution in [0.1, 0.15) is 0 Å². The van der Waals surface area contributed by atoms with Crippen molar-refractivity contribution in [1.82, 2.24) is 7.96 Å². The Morgan fingerprint density at radius 2 is 0.711 bits per heavy atom. The van der Waals surface area contributed by atoms with E-state index < -0.39 is 0 Å². The number of hydrogen-bond donors (Lipinski definition) is 0. The Hall–Kier alpha value is -4.78. The van der Waals surface area contributed by atoms with Crippen LogP contribution in [0.3, 0.4) is 0 Å². The van der Waals surface area contributed by atoms with Crippen LogP contribution in [0.4, 0.5) is 32.8 Å². The first-order valence-electron chi connectivity index (χ1n) is 14.6. The predicted octanol–water partition coefficient (Wildman–Crippen LogP) is 11.1. The molecule has 5 aromatic carbocycles. The molecule has 0 aliphatic carbocycles. The number of rotatable bonds is 8. The van der Waals surface area contributed by atoms with Gasteiger partial charge >= 0.3 is 278 Å². The molecule has 0 bridgehead atoms. The average molecular weight is 682 g/mol. The standard InChI is InChI=1S/C38H26N4S2Se/c1-5-13-27(14-6-1)41(28-15-7-2-8-16-28)35-25-23-33(43-35)31-21-22-32(38-37(31)39-45-40-38)34-24-26-36(44-34)42(29-17-9-3-10-18-29)30-19-11-4-12-20-30/h1-26H. The zero-order valence-electron chi connectivity index (χ0n) is 24.0. The molecular formula is C38H26N4S2Se. The summed E-state index contributed by atoms with van der Waals surface area (Å²) in [6, 6.07) is 55.5. The van der Waals surface area contributed by atoms with Crippen LogP contribution in [-0.2, 0) is 0 Å². The molecule has 45 heavy (non-hydrogen) atoms. The monoisotopic (exact) mass is 682 g/mol. The van der Waals surface area contributed by atoms with Crippen LogP contribution in [0.5, 0.6) is 0 Å². The van der Waals surface area contributed by atoms with E-state index in [0.717, 1.165) is 54.9 Å². The summed E-state index contributed by atoms with van der Waals surface area (Å²) in [5.74, 6) is 0. The van der Waals surface area contributed by atoms with E-state index in [2.05, 4.69) is 168 Å². The first-order chi connectivity index (χ1) is 22.3. The van der Waals surface area contributed by atoms with Crippen LogP contribution < -0.4 is 9.80 Å². The van der Waals surface area contributed by atoms with Crippen molar-refractivity contribution >= 4 is 81.4 Å². The molecule has 0 amide bonds. The Labute approximate surface area is 276 Å². The summed E-state index contributed by atoms with van der Waals surface area (Å²) in [5, 5.41) is 2.32. The van der Waals surface area contributed by atoms with Gasteiger partial charge in [-0.3, -0.25) is 0 Å². The van der Waals surface area contributed by atoms with E-state index in [9.17, 15) is 0 Å². The minimum absolute atomic E-state index is 0.159. The molecule has 8 aromatic rings. The van der Waals surface area contributed by atoms with Gasteiger partial charge in [0.2, 0.25) is 0 Å². The molecule has 3 aromatic heterocycles. The van der Waals surface area contributed by atoms with Crippen LogP contribution in [-0.4, -0.2) is 22.9 Å². The van der Waals surface area contributed by atoms with Crippen molar-refractivity contribution in [3.8, 4) is 20.9 Å². The zero-order chi connectivity index (χ0) is 30.0. The maximum absolute atomic E-state index is 4.95.